The first-order valence-corrected chi connectivity index (χ1v) is 8.07. The molecule has 2 atom stereocenters. The van der Waals surface area contributed by atoms with Crippen molar-refractivity contribution in [3.8, 4) is 0 Å². The fraction of sp³-hybridized carbons (Fsp3) is 0.812. The van der Waals surface area contributed by atoms with Crippen LogP contribution in [0.2, 0.25) is 0 Å². The van der Waals surface area contributed by atoms with Gasteiger partial charge in [0.05, 0.1) is 0 Å². The lowest BCUT2D eigenvalue weighted by atomic mass is 9.91. The van der Waals surface area contributed by atoms with Crippen molar-refractivity contribution in [2.75, 3.05) is 0 Å². The number of nitrogens with one attached hydrogen (secondary N) is 1. The highest BCUT2D eigenvalue weighted by atomic mass is 16.4. The topological polar surface area (TPSA) is 68.0 Å². The molecule has 0 aliphatic heterocycles. The van der Waals surface area contributed by atoms with Gasteiger partial charge in [-0.2, -0.15) is 0 Å². The van der Waals surface area contributed by atoms with Crippen LogP contribution < -0.4 is 5.32 Å². The number of rotatable bonds is 6. The monoisotopic (exact) mass is 293 g/mol. The summed E-state index contributed by atoms with van der Waals surface area (Å²) in [6, 6.07) is -0.178. The molecule has 0 bridgehead atoms. The van der Waals surface area contributed by atoms with Gasteiger partial charge in [0, 0.05) is 12.8 Å². The molecule has 5 heteroatoms. The molecule has 1 aliphatic carbocycles. The van der Waals surface area contributed by atoms with Gasteiger partial charge in [0.15, 0.2) is 0 Å². The van der Waals surface area contributed by atoms with Crippen molar-refractivity contribution in [2.45, 2.75) is 65.8 Å². The van der Waals surface area contributed by atoms with E-state index in [-0.39, 0.29) is 17.9 Å². The minimum absolute atomic E-state index is 0.0613. The first kappa shape index (κ1) is 16.0. The van der Waals surface area contributed by atoms with Gasteiger partial charge in [-0.1, -0.05) is 33.6 Å². The SMILES string of the molecule is Cc1nnc(C(CC(C)C)NC(=O)C(C)C2CCCC2)o1. The molecule has 0 radical (unpaired) electrons. The second-order valence-corrected chi connectivity index (χ2v) is 6.68. The molecule has 21 heavy (non-hydrogen) atoms. The lowest BCUT2D eigenvalue weighted by molar-refractivity contribution is -0.127. The van der Waals surface area contributed by atoms with Crippen LogP contribution in [0.15, 0.2) is 4.42 Å². The van der Waals surface area contributed by atoms with Crippen LogP contribution in [0.1, 0.15) is 70.7 Å². The molecular formula is C16H27N3O2. The minimum atomic E-state index is -0.178. The quantitative estimate of drug-likeness (QED) is 0.872. The zero-order chi connectivity index (χ0) is 15.4. The van der Waals surface area contributed by atoms with Crippen LogP contribution in [-0.2, 0) is 4.79 Å². The Morgan fingerprint density at radius 3 is 2.48 bits per heavy atom. The molecule has 1 N–H and O–H groups in total. The molecule has 1 aromatic heterocycles. The Balaban J connectivity index is 2.02. The largest absolute Gasteiger partial charge is 0.423 e. The highest BCUT2D eigenvalue weighted by molar-refractivity contribution is 5.79. The van der Waals surface area contributed by atoms with Crippen molar-refractivity contribution in [3.05, 3.63) is 11.8 Å². The highest BCUT2D eigenvalue weighted by Crippen LogP contribution is 2.32. The maximum Gasteiger partial charge on any atom is 0.238 e. The Hall–Kier alpha value is -1.39. The second-order valence-electron chi connectivity index (χ2n) is 6.68. The number of hydrogen-bond donors (Lipinski definition) is 1. The van der Waals surface area contributed by atoms with E-state index in [1.54, 1.807) is 6.92 Å². The van der Waals surface area contributed by atoms with Crippen LogP contribution in [0.4, 0.5) is 0 Å². The van der Waals surface area contributed by atoms with Gasteiger partial charge in [0.25, 0.3) is 0 Å². The van der Waals surface area contributed by atoms with Crippen molar-refractivity contribution in [3.63, 3.8) is 0 Å². The first-order chi connectivity index (χ1) is 9.97. The Morgan fingerprint density at radius 1 is 1.29 bits per heavy atom. The van der Waals surface area contributed by atoms with Crippen molar-refractivity contribution in [1.29, 1.82) is 0 Å². The Bertz CT molecular complexity index is 464. The Kier molecular flexibility index (Phi) is 5.37. The van der Waals surface area contributed by atoms with E-state index in [0.29, 0.717) is 23.6 Å². The molecule has 0 spiro atoms. The summed E-state index contributed by atoms with van der Waals surface area (Å²) in [5.74, 6) is 2.21. The normalized spacial score (nSPS) is 18.9. The second kappa shape index (κ2) is 7.05. The van der Waals surface area contributed by atoms with Crippen LogP contribution >= 0.6 is 0 Å². The average Bonchev–Trinajstić information content (AvgIpc) is 3.07. The van der Waals surface area contributed by atoms with E-state index < -0.39 is 0 Å². The first-order valence-electron chi connectivity index (χ1n) is 8.07. The Labute approximate surface area is 126 Å². The van der Waals surface area contributed by atoms with Crippen LogP contribution in [-0.4, -0.2) is 16.1 Å². The summed E-state index contributed by atoms with van der Waals surface area (Å²) in [4.78, 5) is 12.5. The molecule has 1 amide bonds. The third-order valence-corrected chi connectivity index (χ3v) is 4.38. The summed E-state index contributed by atoms with van der Waals surface area (Å²) >= 11 is 0. The van der Waals surface area contributed by atoms with Crippen molar-refractivity contribution in [2.24, 2.45) is 17.8 Å². The van der Waals surface area contributed by atoms with E-state index in [2.05, 4.69) is 29.4 Å². The van der Waals surface area contributed by atoms with Gasteiger partial charge >= 0.3 is 0 Å². The zero-order valence-corrected chi connectivity index (χ0v) is 13.6. The van der Waals surface area contributed by atoms with E-state index in [1.165, 1.54) is 25.7 Å². The van der Waals surface area contributed by atoms with E-state index in [1.807, 2.05) is 6.92 Å². The standard InChI is InChI=1S/C16H27N3O2/c1-10(2)9-14(16-19-18-12(4)21-16)17-15(20)11(3)13-7-5-6-8-13/h10-11,13-14H,5-9H2,1-4H3,(H,17,20). The van der Waals surface area contributed by atoms with Crippen LogP contribution in [0, 0.1) is 24.7 Å². The number of carbonyl (C=O) groups excluding carboxylic acids is 1. The number of nitrogens with zero attached hydrogens (tertiary/aromatic N) is 2. The van der Waals surface area contributed by atoms with Gasteiger partial charge in [0.1, 0.15) is 6.04 Å². The predicted octanol–water partition coefficient (Wildman–Crippen LogP) is 3.41. The minimum Gasteiger partial charge on any atom is -0.423 e. The van der Waals surface area contributed by atoms with Gasteiger partial charge in [0.2, 0.25) is 17.7 Å². The van der Waals surface area contributed by atoms with E-state index in [4.69, 9.17) is 4.42 Å². The van der Waals surface area contributed by atoms with E-state index in [9.17, 15) is 4.79 Å². The maximum atomic E-state index is 12.5. The van der Waals surface area contributed by atoms with Crippen LogP contribution in [0.25, 0.3) is 0 Å². The Morgan fingerprint density at radius 2 is 1.95 bits per heavy atom. The molecule has 0 saturated heterocycles. The van der Waals surface area contributed by atoms with Crippen molar-refractivity contribution >= 4 is 5.91 Å². The maximum absolute atomic E-state index is 12.5. The molecular weight excluding hydrogens is 266 g/mol. The third kappa shape index (κ3) is 4.29. The van der Waals surface area contributed by atoms with Crippen LogP contribution in [0.5, 0.6) is 0 Å². The average molecular weight is 293 g/mol. The molecule has 1 fully saturated rings. The smallest absolute Gasteiger partial charge is 0.238 e. The molecule has 1 heterocycles. The third-order valence-electron chi connectivity index (χ3n) is 4.38. The van der Waals surface area contributed by atoms with Gasteiger partial charge < -0.3 is 9.73 Å². The van der Waals surface area contributed by atoms with Gasteiger partial charge in [-0.15, -0.1) is 10.2 Å². The number of aromatic nitrogens is 2. The number of carbonyl (C=O) groups is 1. The van der Waals surface area contributed by atoms with Gasteiger partial charge in [-0.3, -0.25) is 4.79 Å². The highest BCUT2D eigenvalue weighted by Gasteiger charge is 2.29. The summed E-state index contributed by atoms with van der Waals surface area (Å²) in [6.45, 7) is 8.06. The van der Waals surface area contributed by atoms with E-state index in [0.717, 1.165) is 6.42 Å². The molecule has 1 aromatic rings. The van der Waals surface area contributed by atoms with E-state index >= 15 is 0 Å². The van der Waals surface area contributed by atoms with Crippen molar-refractivity contribution in [1.82, 2.24) is 15.5 Å². The lowest BCUT2D eigenvalue weighted by Gasteiger charge is -2.22. The molecule has 5 nitrogen and oxygen atoms in total. The molecule has 118 valence electrons. The number of aryl methyl sites for hydroxylation is 1. The summed E-state index contributed by atoms with van der Waals surface area (Å²) in [7, 11) is 0. The summed E-state index contributed by atoms with van der Waals surface area (Å²) in [6.07, 6.45) is 5.65. The summed E-state index contributed by atoms with van der Waals surface area (Å²) in [5, 5.41) is 11.1. The molecule has 0 aromatic carbocycles. The fourth-order valence-electron chi connectivity index (χ4n) is 3.12. The number of hydrogen-bond acceptors (Lipinski definition) is 4. The zero-order valence-electron chi connectivity index (χ0n) is 13.6. The fourth-order valence-corrected chi connectivity index (χ4v) is 3.12. The molecule has 2 rings (SSSR count). The predicted molar refractivity (Wildman–Crippen MR) is 80.5 cm³/mol. The lowest BCUT2D eigenvalue weighted by Crippen LogP contribution is -2.36. The summed E-state index contributed by atoms with van der Waals surface area (Å²) < 4.78 is 5.52. The van der Waals surface area contributed by atoms with Crippen LogP contribution in [0.3, 0.4) is 0 Å². The van der Waals surface area contributed by atoms with Gasteiger partial charge in [-0.25, -0.2) is 0 Å². The molecule has 2 unspecified atom stereocenters. The van der Waals surface area contributed by atoms with Gasteiger partial charge in [-0.05, 0) is 31.1 Å². The summed E-state index contributed by atoms with van der Waals surface area (Å²) in [5.41, 5.74) is 0. The van der Waals surface area contributed by atoms with Crippen molar-refractivity contribution < 1.29 is 9.21 Å². The molecule has 1 aliphatic rings. The molecule has 1 saturated carbocycles. The number of amides is 1.